The highest BCUT2D eigenvalue weighted by Crippen LogP contribution is 2.33. The molecule has 1 aromatic carbocycles. The number of likely N-dealkylation sites (tertiary alicyclic amines) is 1. The van der Waals surface area contributed by atoms with E-state index in [1.54, 1.807) is 6.07 Å². The van der Waals surface area contributed by atoms with Gasteiger partial charge in [-0.2, -0.15) is 13.2 Å². The van der Waals surface area contributed by atoms with Gasteiger partial charge in [0.25, 0.3) is 0 Å². The molecule has 2 aliphatic rings. The molecule has 1 N–H and O–H groups in total. The van der Waals surface area contributed by atoms with E-state index in [-0.39, 0.29) is 25.0 Å². The Hall–Kier alpha value is -1.02. The minimum atomic E-state index is -4.36. The molecule has 0 spiro atoms. The molecule has 1 amide bonds. The Morgan fingerprint density at radius 1 is 1.20 bits per heavy atom. The van der Waals surface area contributed by atoms with Gasteiger partial charge in [-0.05, 0) is 18.1 Å². The SMILES string of the molecule is Cl.O=C1C(N2CCNCC2c2ccccc2Cl)CCN1CC(F)(F)F. The Labute approximate surface area is 155 Å². The molecule has 25 heavy (non-hydrogen) atoms. The summed E-state index contributed by atoms with van der Waals surface area (Å²) in [6.07, 6.45) is -3.95. The van der Waals surface area contributed by atoms with Gasteiger partial charge in [-0.1, -0.05) is 29.8 Å². The summed E-state index contributed by atoms with van der Waals surface area (Å²) >= 11 is 6.28. The molecule has 0 aliphatic carbocycles. The smallest absolute Gasteiger partial charge is 0.332 e. The molecule has 3 rings (SSSR count). The molecule has 2 unspecified atom stereocenters. The van der Waals surface area contributed by atoms with Crippen molar-refractivity contribution in [2.75, 3.05) is 32.7 Å². The summed E-state index contributed by atoms with van der Waals surface area (Å²) in [4.78, 5) is 15.4. The molecule has 2 fully saturated rings. The van der Waals surface area contributed by atoms with Crippen LogP contribution in [0.2, 0.25) is 5.02 Å². The highest BCUT2D eigenvalue weighted by atomic mass is 35.5. The van der Waals surface area contributed by atoms with E-state index in [4.69, 9.17) is 11.6 Å². The quantitative estimate of drug-likeness (QED) is 0.851. The third-order valence-electron chi connectivity index (χ3n) is 4.59. The number of carbonyl (C=O) groups is 1. The molecule has 4 nitrogen and oxygen atoms in total. The number of nitrogens with one attached hydrogen (secondary N) is 1. The Balaban J connectivity index is 0.00000225. The standard InChI is InChI=1S/C16H19ClF3N3O.ClH/c17-12-4-2-1-3-11(12)14-9-21-6-8-23(14)13-5-7-22(15(13)24)10-16(18,19)20;/h1-4,13-14,21H,5-10H2;1H. The first kappa shape index (κ1) is 20.3. The zero-order chi connectivity index (χ0) is 17.3. The van der Waals surface area contributed by atoms with Gasteiger partial charge in [0, 0.05) is 37.2 Å². The molecular formula is C16H20Cl2F3N3O. The number of hydrogen-bond acceptors (Lipinski definition) is 3. The van der Waals surface area contributed by atoms with Crippen LogP contribution < -0.4 is 5.32 Å². The van der Waals surface area contributed by atoms with Crippen molar-refractivity contribution >= 4 is 29.9 Å². The summed E-state index contributed by atoms with van der Waals surface area (Å²) in [7, 11) is 0. The van der Waals surface area contributed by atoms with Crippen molar-refractivity contribution in [1.82, 2.24) is 15.1 Å². The number of carbonyl (C=O) groups excluding carboxylic acids is 1. The van der Waals surface area contributed by atoms with Gasteiger partial charge in [0.1, 0.15) is 6.54 Å². The van der Waals surface area contributed by atoms with Crippen LogP contribution in [-0.2, 0) is 4.79 Å². The van der Waals surface area contributed by atoms with Crippen LogP contribution in [0.15, 0.2) is 24.3 Å². The van der Waals surface area contributed by atoms with Crippen molar-refractivity contribution in [3.05, 3.63) is 34.9 Å². The lowest BCUT2D eigenvalue weighted by Crippen LogP contribution is -2.53. The molecule has 2 aliphatic heterocycles. The molecular weight excluding hydrogens is 378 g/mol. The minimum Gasteiger partial charge on any atom is -0.332 e. The van der Waals surface area contributed by atoms with Crippen LogP contribution in [0.3, 0.4) is 0 Å². The molecule has 9 heteroatoms. The molecule has 2 atom stereocenters. The van der Waals surface area contributed by atoms with E-state index in [0.29, 0.717) is 31.1 Å². The van der Waals surface area contributed by atoms with Crippen LogP contribution in [0.1, 0.15) is 18.0 Å². The van der Waals surface area contributed by atoms with Crippen molar-refractivity contribution in [3.8, 4) is 0 Å². The molecule has 0 radical (unpaired) electrons. The van der Waals surface area contributed by atoms with Crippen LogP contribution in [0, 0.1) is 0 Å². The Bertz CT molecular complexity index is 615. The molecule has 0 aromatic heterocycles. The number of amides is 1. The van der Waals surface area contributed by atoms with Gasteiger partial charge in [0.15, 0.2) is 0 Å². The third kappa shape index (κ3) is 4.58. The van der Waals surface area contributed by atoms with E-state index in [1.807, 2.05) is 23.1 Å². The lowest BCUT2D eigenvalue weighted by Gasteiger charge is -2.40. The largest absolute Gasteiger partial charge is 0.406 e. The van der Waals surface area contributed by atoms with Crippen molar-refractivity contribution in [2.24, 2.45) is 0 Å². The van der Waals surface area contributed by atoms with Crippen LogP contribution in [0.5, 0.6) is 0 Å². The second-order valence-corrected chi connectivity index (χ2v) is 6.57. The predicted octanol–water partition coefficient (Wildman–Crippen LogP) is 2.87. The number of nitrogens with zero attached hydrogens (tertiary/aromatic N) is 2. The third-order valence-corrected chi connectivity index (χ3v) is 4.93. The first-order valence-electron chi connectivity index (χ1n) is 7.93. The van der Waals surface area contributed by atoms with Gasteiger partial charge >= 0.3 is 6.18 Å². The van der Waals surface area contributed by atoms with Crippen molar-refractivity contribution in [3.63, 3.8) is 0 Å². The van der Waals surface area contributed by atoms with Gasteiger partial charge in [-0.3, -0.25) is 9.69 Å². The van der Waals surface area contributed by atoms with Crippen LogP contribution >= 0.6 is 24.0 Å². The maximum absolute atomic E-state index is 12.6. The Kier molecular flexibility index (Phi) is 6.59. The van der Waals surface area contributed by atoms with E-state index in [0.717, 1.165) is 10.5 Å². The van der Waals surface area contributed by atoms with Gasteiger partial charge in [-0.15, -0.1) is 12.4 Å². The van der Waals surface area contributed by atoms with Gasteiger partial charge in [0.05, 0.1) is 6.04 Å². The lowest BCUT2D eigenvalue weighted by atomic mass is 10.0. The number of hydrogen-bond donors (Lipinski definition) is 1. The maximum Gasteiger partial charge on any atom is 0.406 e. The highest BCUT2D eigenvalue weighted by Gasteiger charge is 2.43. The number of rotatable bonds is 3. The number of alkyl halides is 3. The predicted molar refractivity (Wildman–Crippen MR) is 92.1 cm³/mol. The van der Waals surface area contributed by atoms with E-state index >= 15 is 0 Å². The number of benzene rings is 1. The summed E-state index contributed by atoms with van der Waals surface area (Å²) in [5.41, 5.74) is 0.897. The second kappa shape index (κ2) is 8.12. The molecule has 2 saturated heterocycles. The topological polar surface area (TPSA) is 35.6 Å². The average Bonchev–Trinajstić information content (AvgIpc) is 2.87. The summed E-state index contributed by atoms with van der Waals surface area (Å²) in [6.45, 7) is 0.885. The van der Waals surface area contributed by atoms with Crippen LogP contribution in [-0.4, -0.2) is 60.6 Å². The van der Waals surface area contributed by atoms with Crippen molar-refractivity contribution in [1.29, 1.82) is 0 Å². The van der Waals surface area contributed by atoms with E-state index < -0.39 is 24.7 Å². The minimum absolute atomic E-state index is 0. The number of halogens is 5. The Morgan fingerprint density at radius 2 is 1.92 bits per heavy atom. The summed E-state index contributed by atoms with van der Waals surface area (Å²) in [5.74, 6) is -0.439. The maximum atomic E-state index is 12.6. The first-order chi connectivity index (χ1) is 11.4. The lowest BCUT2D eigenvalue weighted by molar-refractivity contribution is -0.159. The highest BCUT2D eigenvalue weighted by molar-refractivity contribution is 6.31. The second-order valence-electron chi connectivity index (χ2n) is 6.16. The summed E-state index contributed by atoms with van der Waals surface area (Å²) < 4.78 is 37.8. The molecule has 0 saturated carbocycles. The van der Waals surface area contributed by atoms with Crippen LogP contribution in [0.25, 0.3) is 0 Å². The van der Waals surface area contributed by atoms with E-state index in [2.05, 4.69) is 5.32 Å². The molecule has 2 heterocycles. The van der Waals surface area contributed by atoms with Crippen molar-refractivity contribution < 1.29 is 18.0 Å². The molecule has 1 aromatic rings. The first-order valence-corrected chi connectivity index (χ1v) is 8.31. The van der Waals surface area contributed by atoms with Crippen molar-refractivity contribution in [2.45, 2.75) is 24.7 Å². The van der Waals surface area contributed by atoms with E-state index in [1.165, 1.54) is 0 Å². The van der Waals surface area contributed by atoms with Gasteiger partial charge in [0.2, 0.25) is 5.91 Å². The Morgan fingerprint density at radius 3 is 2.60 bits per heavy atom. The fourth-order valence-electron chi connectivity index (χ4n) is 3.53. The monoisotopic (exact) mass is 397 g/mol. The average molecular weight is 398 g/mol. The fraction of sp³-hybridized carbons (Fsp3) is 0.562. The van der Waals surface area contributed by atoms with Crippen LogP contribution in [0.4, 0.5) is 13.2 Å². The summed E-state index contributed by atoms with van der Waals surface area (Å²) in [5, 5.41) is 3.88. The van der Waals surface area contributed by atoms with Gasteiger partial charge in [-0.25, -0.2) is 0 Å². The normalized spacial score (nSPS) is 25.1. The van der Waals surface area contributed by atoms with Gasteiger partial charge < -0.3 is 10.2 Å². The molecule has 140 valence electrons. The fourth-order valence-corrected chi connectivity index (χ4v) is 3.79. The zero-order valence-corrected chi connectivity index (χ0v) is 15.0. The molecule has 0 bridgehead atoms. The number of piperazine rings is 1. The summed E-state index contributed by atoms with van der Waals surface area (Å²) in [6, 6.07) is 6.76. The zero-order valence-electron chi connectivity index (χ0n) is 13.4. The van der Waals surface area contributed by atoms with E-state index in [9.17, 15) is 18.0 Å².